The van der Waals surface area contributed by atoms with Crippen molar-refractivity contribution < 1.29 is 9.84 Å². The van der Waals surface area contributed by atoms with Gasteiger partial charge >= 0.3 is 0 Å². The minimum atomic E-state index is -0.139. The van der Waals surface area contributed by atoms with Gasteiger partial charge in [0, 0.05) is 32.3 Å². The number of aliphatic hydroxyl groups excluding tert-OH is 1. The van der Waals surface area contributed by atoms with E-state index < -0.39 is 0 Å². The lowest BCUT2D eigenvalue weighted by Gasteiger charge is -2.38. The number of nitrogens with one attached hydrogen (secondary N) is 1. The van der Waals surface area contributed by atoms with Crippen molar-refractivity contribution in [1.82, 2.24) is 10.2 Å². The first-order valence-electron chi connectivity index (χ1n) is 7.38. The molecule has 2 fully saturated rings. The van der Waals surface area contributed by atoms with Crippen molar-refractivity contribution >= 4 is 0 Å². The molecule has 4 heteroatoms. The first kappa shape index (κ1) is 14.3. The van der Waals surface area contributed by atoms with Gasteiger partial charge in [0.25, 0.3) is 0 Å². The number of hydrogen-bond acceptors (Lipinski definition) is 4. The number of rotatable bonds is 7. The third-order valence-electron chi connectivity index (χ3n) is 3.99. The molecule has 1 heterocycles. The van der Waals surface area contributed by atoms with Gasteiger partial charge in [-0.2, -0.15) is 0 Å². The molecular weight excluding hydrogens is 228 g/mol. The van der Waals surface area contributed by atoms with Crippen LogP contribution in [0.5, 0.6) is 0 Å². The molecule has 1 aliphatic heterocycles. The summed E-state index contributed by atoms with van der Waals surface area (Å²) in [5.41, 5.74) is -0.139. The Kier molecular flexibility index (Phi) is 5.01. The molecule has 18 heavy (non-hydrogen) atoms. The summed E-state index contributed by atoms with van der Waals surface area (Å²) in [5, 5.41) is 13.2. The fourth-order valence-electron chi connectivity index (χ4n) is 2.83. The second-order valence-corrected chi connectivity index (χ2v) is 6.07. The zero-order valence-corrected chi connectivity index (χ0v) is 11.8. The normalized spacial score (nSPS) is 26.2. The predicted molar refractivity (Wildman–Crippen MR) is 72.7 cm³/mol. The van der Waals surface area contributed by atoms with E-state index >= 15 is 0 Å². The van der Waals surface area contributed by atoms with Crippen molar-refractivity contribution in [3.05, 3.63) is 0 Å². The maximum atomic E-state index is 9.61. The minimum absolute atomic E-state index is 0.139. The van der Waals surface area contributed by atoms with Crippen LogP contribution in [0.3, 0.4) is 0 Å². The van der Waals surface area contributed by atoms with Crippen molar-refractivity contribution in [2.75, 3.05) is 32.8 Å². The average Bonchev–Trinajstić information content (AvgIpc) is 3.16. The molecule has 106 valence electrons. The van der Waals surface area contributed by atoms with Crippen LogP contribution in [-0.2, 0) is 4.74 Å². The van der Waals surface area contributed by atoms with E-state index in [2.05, 4.69) is 24.1 Å². The first-order chi connectivity index (χ1) is 8.65. The molecule has 0 bridgehead atoms. The zero-order valence-electron chi connectivity index (χ0n) is 11.8. The summed E-state index contributed by atoms with van der Waals surface area (Å²) in [6.07, 6.45) is 5.23. The van der Waals surface area contributed by atoms with E-state index in [1.54, 1.807) is 0 Å². The van der Waals surface area contributed by atoms with Gasteiger partial charge in [-0.15, -0.1) is 0 Å². The van der Waals surface area contributed by atoms with Gasteiger partial charge in [-0.1, -0.05) is 0 Å². The molecule has 0 aromatic heterocycles. The lowest BCUT2D eigenvalue weighted by molar-refractivity contribution is 0.00480. The highest BCUT2D eigenvalue weighted by Crippen LogP contribution is 2.24. The van der Waals surface area contributed by atoms with E-state index in [0.29, 0.717) is 12.1 Å². The van der Waals surface area contributed by atoms with Gasteiger partial charge in [0.15, 0.2) is 0 Å². The number of nitrogens with zero attached hydrogens (tertiary/aromatic N) is 1. The molecule has 0 radical (unpaired) electrons. The highest BCUT2D eigenvalue weighted by atomic mass is 16.5. The third-order valence-corrected chi connectivity index (χ3v) is 3.99. The number of likely N-dealkylation sites (tertiary alicyclic amines) is 1. The van der Waals surface area contributed by atoms with Crippen molar-refractivity contribution in [3.8, 4) is 0 Å². The van der Waals surface area contributed by atoms with Gasteiger partial charge in [0.05, 0.1) is 18.2 Å². The van der Waals surface area contributed by atoms with E-state index in [1.165, 1.54) is 12.8 Å². The molecule has 1 saturated heterocycles. The van der Waals surface area contributed by atoms with Crippen LogP contribution in [0.2, 0.25) is 0 Å². The van der Waals surface area contributed by atoms with Crippen LogP contribution < -0.4 is 5.32 Å². The summed E-state index contributed by atoms with van der Waals surface area (Å²) in [6, 6.07) is 0.642. The fraction of sp³-hybridized carbons (Fsp3) is 1.00. The van der Waals surface area contributed by atoms with Gasteiger partial charge in [-0.05, 0) is 39.5 Å². The molecule has 1 aliphatic carbocycles. The Morgan fingerprint density at radius 1 is 1.28 bits per heavy atom. The summed E-state index contributed by atoms with van der Waals surface area (Å²) in [6.45, 7) is 8.36. The lowest BCUT2D eigenvalue weighted by Crippen LogP contribution is -2.56. The molecule has 1 saturated carbocycles. The predicted octanol–water partition coefficient (Wildman–Crippen LogP) is 0.990. The second-order valence-electron chi connectivity index (χ2n) is 6.07. The Bertz CT molecular complexity index is 250. The summed E-state index contributed by atoms with van der Waals surface area (Å²) < 4.78 is 5.67. The number of aliphatic hydroxyl groups is 1. The zero-order chi connectivity index (χ0) is 13.0. The maximum absolute atomic E-state index is 9.61. The van der Waals surface area contributed by atoms with Crippen LogP contribution >= 0.6 is 0 Å². The molecule has 0 spiro atoms. The van der Waals surface area contributed by atoms with Crippen LogP contribution in [0.15, 0.2) is 0 Å². The standard InChI is InChI=1S/C14H28N2O2/c1-3-18-13-6-8-16(9-7-13)10-14(2,11-17)15-12-4-5-12/h12-13,15,17H,3-11H2,1-2H3. The molecular formula is C14H28N2O2. The Labute approximate surface area is 111 Å². The monoisotopic (exact) mass is 256 g/mol. The fourth-order valence-corrected chi connectivity index (χ4v) is 2.83. The molecule has 0 aromatic carbocycles. The van der Waals surface area contributed by atoms with Gasteiger partial charge in [-0.3, -0.25) is 0 Å². The molecule has 0 aromatic rings. The highest BCUT2D eigenvalue weighted by Gasteiger charge is 2.34. The van der Waals surface area contributed by atoms with Crippen LogP contribution in [-0.4, -0.2) is 60.5 Å². The minimum Gasteiger partial charge on any atom is -0.394 e. The molecule has 1 unspecified atom stereocenters. The molecule has 2 N–H and O–H groups in total. The summed E-state index contributed by atoms with van der Waals surface area (Å²) >= 11 is 0. The SMILES string of the molecule is CCOC1CCN(CC(C)(CO)NC2CC2)CC1. The first-order valence-corrected chi connectivity index (χ1v) is 7.38. The lowest BCUT2D eigenvalue weighted by atomic mass is 10.00. The van der Waals surface area contributed by atoms with Crippen molar-refractivity contribution in [1.29, 1.82) is 0 Å². The number of ether oxygens (including phenoxy) is 1. The number of hydrogen-bond donors (Lipinski definition) is 2. The van der Waals surface area contributed by atoms with Crippen molar-refractivity contribution in [3.63, 3.8) is 0 Å². The largest absolute Gasteiger partial charge is 0.394 e. The molecule has 2 aliphatic rings. The maximum Gasteiger partial charge on any atom is 0.0623 e. The Hall–Kier alpha value is -0.160. The summed E-state index contributed by atoms with van der Waals surface area (Å²) in [5.74, 6) is 0. The van der Waals surface area contributed by atoms with Crippen LogP contribution in [0, 0.1) is 0 Å². The number of piperidine rings is 1. The van der Waals surface area contributed by atoms with Gasteiger partial charge in [0.1, 0.15) is 0 Å². The van der Waals surface area contributed by atoms with Crippen LogP contribution in [0.25, 0.3) is 0 Å². The Morgan fingerprint density at radius 2 is 1.94 bits per heavy atom. The van der Waals surface area contributed by atoms with E-state index in [4.69, 9.17) is 4.74 Å². The molecule has 2 rings (SSSR count). The van der Waals surface area contributed by atoms with E-state index in [9.17, 15) is 5.11 Å². The molecule has 0 amide bonds. The second kappa shape index (κ2) is 6.33. The Balaban J connectivity index is 1.74. The van der Waals surface area contributed by atoms with Crippen LogP contribution in [0.4, 0.5) is 0 Å². The molecule has 4 nitrogen and oxygen atoms in total. The summed E-state index contributed by atoms with van der Waals surface area (Å²) in [7, 11) is 0. The van der Waals surface area contributed by atoms with Crippen molar-refractivity contribution in [2.45, 2.75) is 57.2 Å². The van der Waals surface area contributed by atoms with E-state index in [1.807, 2.05) is 0 Å². The van der Waals surface area contributed by atoms with Crippen LogP contribution in [0.1, 0.15) is 39.5 Å². The topological polar surface area (TPSA) is 44.7 Å². The Morgan fingerprint density at radius 3 is 2.44 bits per heavy atom. The van der Waals surface area contributed by atoms with Gasteiger partial charge < -0.3 is 20.1 Å². The van der Waals surface area contributed by atoms with E-state index in [0.717, 1.165) is 39.1 Å². The third kappa shape index (κ3) is 4.19. The summed E-state index contributed by atoms with van der Waals surface area (Å²) in [4.78, 5) is 2.46. The van der Waals surface area contributed by atoms with Crippen molar-refractivity contribution in [2.24, 2.45) is 0 Å². The van der Waals surface area contributed by atoms with Gasteiger partial charge in [-0.25, -0.2) is 0 Å². The average molecular weight is 256 g/mol. The highest BCUT2D eigenvalue weighted by molar-refractivity contribution is 4.94. The van der Waals surface area contributed by atoms with E-state index in [-0.39, 0.29) is 12.1 Å². The van der Waals surface area contributed by atoms with Gasteiger partial charge in [0.2, 0.25) is 0 Å². The quantitative estimate of drug-likeness (QED) is 0.713. The smallest absolute Gasteiger partial charge is 0.0623 e. The molecule has 1 atom stereocenters.